The van der Waals surface area contributed by atoms with Crippen molar-refractivity contribution < 1.29 is 18.9 Å². The van der Waals surface area contributed by atoms with Crippen molar-refractivity contribution in [3.8, 4) is 0 Å². The average Bonchev–Trinajstić information content (AvgIpc) is 2.40. The number of hydrogen-bond acceptors (Lipinski definition) is 4. The zero-order valence-corrected chi connectivity index (χ0v) is 13.6. The standard InChI is InChI=1S/C13H26Cl2O4/c1-11(17-6-4-14)8-16-9-12(2)19-10-13(3)18-7-5-15/h11-13H,4-10H2,1-3H3. The molecule has 6 heteroatoms. The molecule has 0 saturated heterocycles. The number of hydrogen-bond donors (Lipinski definition) is 0. The molecule has 19 heavy (non-hydrogen) atoms. The lowest BCUT2D eigenvalue weighted by Crippen LogP contribution is -2.26. The maximum absolute atomic E-state index is 5.61. The second kappa shape index (κ2) is 13.4. The molecule has 3 atom stereocenters. The number of rotatable bonds is 13. The predicted octanol–water partition coefficient (Wildman–Crippen LogP) is 2.70. The fourth-order valence-corrected chi connectivity index (χ4v) is 1.51. The zero-order valence-electron chi connectivity index (χ0n) is 12.1. The smallest absolute Gasteiger partial charge is 0.0781 e. The molecule has 0 amide bonds. The van der Waals surface area contributed by atoms with E-state index in [1.807, 2.05) is 20.8 Å². The van der Waals surface area contributed by atoms with Gasteiger partial charge in [0.1, 0.15) is 0 Å². The van der Waals surface area contributed by atoms with E-state index < -0.39 is 0 Å². The summed E-state index contributed by atoms with van der Waals surface area (Å²) >= 11 is 11.1. The van der Waals surface area contributed by atoms with Gasteiger partial charge in [0.15, 0.2) is 0 Å². The highest BCUT2D eigenvalue weighted by molar-refractivity contribution is 6.18. The maximum atomic E-state index is 5.61. The van der Waals surface area contributed by atoms with E-state index in [-0.39, 0.29) is 18.3 Å². The van der Waals surface area contributed by atoms with Gasteiger partial charge in [0, 0.05) is 11.8 Å². The molecule has 0 heterocycles. The molecule has 3 unspecified atom stereocenters. The average molecular weight is 317 g/mol. The first-order valence-electron chi connectivity index (χ1n) is 6.64. The van der Waals surface area contributed by atoms with Crippen LogP contribution in [-0.2, 0) is 18.9 Å². The molecular formula is C13H26Cl2O4. The fourth-order valence-electron chi connectivity index (χ4n) is 1.34. The first kappa shape index (κ1) is 19.4. The van der Waals surface area contributed by atoms with E-state index in [1.165, 1.54) is 0 Å². The third-order valence-corrected chi connectivity index (χ3v) is 2.59. The van der Waals surface area contributed by atoms with Gasteiger partial charge in [0.25, 0.3) is 0 Å². The van der Waals surface area contributed by atoms with Gasteiger partial charge in [0.05, 0.1) is 51.3 Å². The molecular weight excluding hydrogens is 291 g/mol. The third-order valence-electron chi connectivity index (χ3n) is 2.28. The van der Waals surface area contributed by atoms with Gasteiger partial charge in [-0.3, -0.25) is 0 Å². The molecule has 0 spiro atoms. The molecule has 0 aromatic heterocycles. The molecule has 0 N–H and O–H groups in total. The van der Waals surface area contributed by atoms with E-state index in [1.54, 1.807) is 0 Å². The second-order valence-corrected chi connectivity index (χ2v) is 5.18. The summed E-state index contributed by atoms with van der Waals surface area (Å²) in [6.45, 7) is 8.61. The Bertz CT molecular complexity index is 195. The minimum absolute atomic E-state index is 0.0299. The highest BCUT2D eigenvalue weighted by Gasteiger charge is 2.08. The predicted molar refractivity (Wildman–Crippen MR) is 78.5 cm³/mol. The summed E-state index contributed by atoms with van der Waals surface area (Å²) in [4.78, 5) is 0. The highest BCUT2D eigenvalue weighted by atomic mass is 35.5. The van der Waals surface area contributed by atoms with E-state index in [0.29, 0.717) is 44.8 Å². The lowest BCUT2D eigenvalue weighted by atomic mass is 10.4. The Morgan fingerprint density at radius 1 is 0.684 bits per heavy atom. The number of halogens is 2. The van der Waals surface area contributed by atoms with E-state index in [0.717, 1.165) is 0 Å². The summed E-state index contributed by atoms with van der Waals surface area (Å²) in [5.41, 5.74) is 0. The molecule has 0 radical (unpaired) electrons. The maximum Gasteiger partial charge on any atom is 0.0781 e. The van der Waals surface area contributed by atoms with Crippen LogP contribution in [0.3, 0.4) is 0 Å². The van der Waals surface area contributed by atoms with Crippen LogP contribution >= 0.6 is 23.2 Å². The molecule has 0 bridgehead atoms. The third kappa shape index (κ3) is 13.2. The molecule has 0 aromatic rings. The topological polar surface area (TPSA) is 36.9 Å². The van der Waals surface area contributed by atoms with Crippen molar-refractivity contribution in [3.05, 3.63) is 0 Å². The zero-order chi connectivity index (χ0) is 14.5. The van der Waals surface area contributed by atoms with Gasteiger partial charge in [-0.15, -0.1) is 23.2 Å². The van der Waals surface area contributed by atoms with E-state index >= 15 is 0 Å². The van der Waals surface area contributed by atoms with Gasteiger partial charge in [0.2, 0.25) is 0 Å². The molecule has 0 fully saturated rings. The molecule has 0 aliphatic carbocycles. The van der Waals surface area contributed by atoms with Gasteiger partial charge in [-0.25, -0.2) is 0 Å². The SMILES string of the molecule is CC(COCC(C)OCC(C)OCCCl)OCCCl. The van der Waals surface area contributed by atoms with E-state index in [4.69, 9.17) is 42.1 Å². The molecule has 0 aliphatic heterocycles. The number of alkyl halides is 2. The molecule has 0 aliphatic rings. The van der Waals surface area contributed by atoms with Crippen molar-refractivity contribution in [1.29, 1.82) is 0 Å². The van der Waals surface area contributed by atoms with Gasteiger partial charge >= 0.3 is 0 Å². The molecule has 0 saturated carbocycles. The first-order chi connectivity index (χ1) is 9.10. The van der Waals surface area contributed by atoms with Crippen molar-refractivity contribution in [1.82, 2.24) is 0 Å². The van der Waals surface area contributed by atoms with Crippen molar-refractivity contribution in [2.45, 2.75) is 39.1 Å². The molecule has 0 rings (SSSR count). The van der Waals surface area contributed by atoms with Crippen LogP contribution in [0.5, 0.6) is 0 Å². The van der Waals surface area contributed by atoms with Crippen molar-refractivity contribution in [3.63, 3.8) is 0 Å². The van der Waals surface area contributed by atoms with Gasteiger partial charge < -0.3 is 18.9 Å². The summed E-state index contributed by atoms with van der Waals surface area (Å²) in [6, 6.07) is 0. The second-order valence-electron chi connectivity index (χ2n) is 4.42. The van der Waals surface area contributed by atoms with Crippen LogP contribution in [-0.4, -0.2) is 63.1 Å². The summed E-state index contributed by atoms with van der Waals surface area (Å²) < 4.78 is 21.9. The Balaban J connectivity index is 3.45. The van der Waals surface area contributed by atoms with Crippen molar-refractivity contribution >= 4 is 23.2 Å². The molecule has 4 nitrogen and oxygen atoms in total. The normalized spacial score (nSPS) is 16.3. The fraction of sp³-hybridized carbons (Fsp3) is 1.00. The largest absolute Gasteiger partial charge is 0.376 e. The monoisotopic (exact) mass is 316 g/mol. The van der Waals surface area contributed by atoms with Crippen LogP contribution in [0, 0.1) is 0 Å². The van der Waals surface area contributed by atoms with Crippen LogP contribution in [0.2, 0.25) is 0 Å². The van der Waals surface area contributed by atoms with E-state index in [9.17, 15) is 0 Å². The Morgan fingerprint density at radius 2 is 1.11 bits per heavy atom. The Kier molecular flexibility index (Phi) is 13.7. The van der Waals surface area contributed by atoms with Crippen LogP contribution in [0.1, 0.15) is 20.8 Å². The van der Waals surface area contributed by atoms with Crippen molar-refractivity contribution in [2.24, 2.45) is 0 Å². The Labute approximate surface area is 126 Å². The molecule has 116 valence electrons. The Hall–Kier alpha value is 0.420. The van der Waals surface area contributed by atoms with Gasteiger partial charge in [-0.1, -0.05) is 0 Å². The van der Waals surface area contributed by atoms with Crippen LogP contribution in [0.25, 0.3) is 0 Å². The lowest BCUT2D eigenvalue weighted by molar-refractivity contribution is -0.0692. The minimum atomic E-state index is 0.0299. The quantitative estimate of drug-likeness (QED) is 0.490. The van der Waals surface area contributed by atoms with Crippen molar-refractivity contribution in [2.75, 3.05) is 44.8 Å². The summed E-state index contributed by atoms with van der Waals surface area (Å²) in [6.07, 6.45) is 0.131. The minimum Gasteiger partial charge on any atom is -0.376 e. The van der Waals surface area contributed by atoms with E-state index in [2.05, 4.69) is 0 Å². The summed E-state index contributed by atoms with van der Waals surface area (Å²) in [5, 5.41) is 0. The first-order valence-corrected chi connectivity index (χ1v) is 7.71. The highest BCUT2D eigenvalue weighted by Crippen LogP contribution is 2.00. The van der Waals surface area contributed by atoms with Crippen LogP contribution in [0.4, 0.5) is 0 Å². The van der Waals surface area contributed by atoms with Gasteiger partial charge in [-0.05, 0) is 20.8 Å². The van der Waals surface area contributed by atoms with Crippen LogP contribution in [0.15, 0.2) is 0 Å². The summed E-state index contributed by atoms with van der Waals surface area (Å²) in [5.74, 6) is 1.01. The van der Waals surface area contributed by atoms with Crippen LogP contribution < -0.4 is 0 Å². The molecule has 0 aromatic carbocycles. The lowest BCUT2D eigenvalue weighted by Gasteiger charge is -2.18. The number of ether oxygens (including phenoxy) is 4. The summed E-state index contributed by atoms with van der Waals surface area (Å²) in [7, 11) is 0. The van der Waals surface area contributed by atoms with Gasteiger partial charge in [-0.2, -0.15) is 0 Å². The Morgan fingerprint density at radius 3 is 1.58 bits per heavy atom.